The van der Waals surface area contributed by atoms with Gasteiger partial charge in [-0.2, -0.15) is 0 Å². The number of nitrogens with two attached hydrogens (primary N) is 1. The van der Waals surface area contributed by atoms with E-state index in [0.29, 0.717) is 0 Å². The molecule has 0 unspecified atom stereocenters. The topological polar surface area (TPSA) is 112 Å². The monoisotopic (exact) mass is 571 g/mol. The summed E-state index contributed by atoms with van der Waals surface area (Å²) in [5.41, 5.74) is 6.78. The van der Waals surface area contributed by atoms with Gasteiger partial charge in [0.2, 0.25) is 0 Å². The molecule has 0 aliphatic heterocycles. The smallest absolute Gasteiger partial charge is 0.269 e. The first-order valence-corrected chi connectivity index (χ1v) is 12.8. The van der Waals surface area contributed by atoms with Crippen LogP contribution in [0.2, 0.25) is 0 Å². The van der Waals surface area contributed by atoms with E-state index in [2.05, 4.69) is 36.4 Å². The second-order valence-electron chi connectivity index (χ2n) is 7.67. The van der Waals surface area contributed by atoms with Crippen molar-refractivity contribution in [3.63, 3.8) is 0 Å². The van der Waals surface area contributed by atoms with E-state index in [-0.39, 0.29) is 16.3 Å². The third-order valence-corrected chi connectivity index (χ3v) is 5.53. The molecular formula is C25H38IN3O4. The fourth-order valence-corrected chi connectivity index (χ4v) is 3.21. The maximum absolute atomic E-state index is 10.5. The molecule has 0 saturated heterocycles. The van der Waals surface area contributed by atoms with Crippen LogP contribution in [0.5, 0.6) is 0 Å². The molecule has 7 nitrogen and oxygen atoms in total. The van der Waals surface area contributed by atoms with Gasteiger partial charge >= 0.3 is 0 Å². The van der Waals surface area contributed by atoms with Crippen LogP contribution < -0.4 is 5.73 Å². The molecule has 33 heavy (non-hydrogen) atoms. The van der Waals surface area contributed by atoms with Crippen molar-refractivity contribution in [2.24, 2.45) is 5.73 Å². The zero-order valence-corrected chi connectivity index (χ0v) is 22.0. The van der Waals surface area contributed by atoms with Gasteiger partial charge in [0.25, 0.3) is 11.4 Å². The standard InChI is InChI=1S/C13H19NO2.C6H4INO2.C6H15N/c1-2-3-4-5-6-7-12-8-10-13(11-9-12)14(15)16;7-5-1-3-6(4-2-5)8(9)10;1-2-3-4-5-6-7/h8-11H,2-7H2,1H3;1-4H;2-7H2,1H3. The second kappa shape index (κ2) is 20.5. The summed E-state index contributed by atoms with van der Waals surface area (Å²) in [6, 6.07) is 13.3. The Morgan fingerprint density at radius 2 is 1.12 bits per heavy atom. The molecule has 0 fully saturated rings. The number of nitro benzene ring substituents is 2. The highest BCUT2D eigenvalue weighted by molar-refractivity contribution is 14.1. The van der Waals surface area contributed by atoms with Gasteiger partial charge in [0.1, 0.15) is 0 Å². The minimum absolute atomic E-state index is 0.139. The molecule has 0 atom stereocenters. The molecule has 0 radical (unpaired) electrons. The number of hydrogen-bond acceptors (Lipinski definition) is 5. The summed E-state index contributed by atoms with van der Waals surface area (Å²) in [6.45, 7) is 5.27. The fraction of sp³-hybridized carbons (Fsp3) is 0.520. The molecular weight excluding hydrogens is 533 g/mol. The largest absolute Gasteiger partial charge is 0.330 e. The number of rotatable bonds is 12. The van der Waals surface area contributed by atoms with Crippen LogP contribution in [0.3, 0.4) is 0 Å². The van der Waals surface area contributed by atoms with Crippen molar-refractivity contribution in [3.8, 4) is 0 Å². The SMILES string of the molecule is CCCCCCCc1ccc([N+](=O)[O-])cc1.CCCCCCN.O=[N+]([O-])c1ccc(I)cc1. The van der Waals surface area contributed by atoms with Crippen LogP contribution in [0.4, 0.5) is 11.4 Å². The molecule has 0 spiro atoms. The summed E-state index contributed by atoms with van der Waals surface area (Å²) >= 11 is 2.10. The Balaban J connectivity index is 0.000000514. The van der Waals surface area contributed by atoms with E-state index in [1.54, 1.807) is 24.3 Å². The maximum atomic E-state index is 10.5. The van der Waals surface area contributed by atoms with E-state index >= 15 is 0 Å². The number of benzene rings is 2. The number of hydrogen-bond donors (Lipinski definition) is 1. The molecule has 0 aliphatic rings. The van der Waals surface area contributed by atoms with Crippen molar-refractivity contribution in [2.75, 3.05) is 6.54 Å². The van der Waals surface area contributed by atoms with Crippen LogP contribution in [0.1, 0.15) is 77.2 Å². The first-order chi connectivity index (χ1) is 15.8. The molecule has 0 aliphatic carbocycles. The van der Waals surface area contributed by atoms with E-state index < -0.39 is 4.92 Å². The van der Waals surface area contributed by atoms with Crippen molar-refractivity contribution in [2.45, 2.75) is 78.1 Å². The van der Waals surface area contributed by atoms with Crippen LogP contribution in [-0.2, 0) is 6.42 Å². The normalized spacial score (nSPS) is 9.82. The first-order valence-electron chi connectivity index (χ1n) is 11.7. The van der Waals surface area contributed by atoms with Crippen LogP contribution in [0.25, 0.3) is 0 Å². The van der Waals surface area contributed by atoms with Gasteiger partial charge in [-0.15, -0.1) is 0 Å². The molecule has 8 heteroatoms. The highest BCUT2D eigenvalue weighted by Crippen LogP contribution is 2.15. The summed E-state index contributed by atoms with van der Waals surface area (Å²) in [5, 5.41) is 20.6. The predicted molar refractivity (Wildman–Crippen MR) is 145 cm³/mol. The van der Waals surface area contributed by atoms with Gasteiger partial charge in [-0.05, 0) is 66.1 Å². The Morgan fingerprint density at radius 3 is 1.55 bits per heavy atom. The average Bonchev–Trinajstić information content (AvgIpc) is 2.81. The zero-order chi connectivity index (χ0) is 24.9. The molecule has 0 bridgehead atoms. The van der Waals surface area contributed by atoms with Gasteiger partial charge in [0.05, 0.1) is 9.85 Å². The van der Waals surface area contributed by atoms with Gasteiger partial charge in [-0.3, -0.25) is 20.2 Å². The Kier molecular flexibility index (Phi) is 19.2. The summed E-state index contributed by atoms with van der Waals surface area (Å²) in [4.78, 5) is 19.8. The maximum Gasteiger partial charge on any atom is 0.269 e. The molecule has 0 heterocycles. The van der Waals surface area contributed by atoms with E-state index in [1.807, 2.05) is 12.1 Å². The molecule has 2 aromatic carbocycles. The third-order valence-electron chi connectivity index (χ3n) is 4.81. The van der Waals surface area contributed by atoms with Crippen molar-refractivity contribution in [3.05, 3.63) is 77.9 Å². The highest BCUT2D eigenvalue weighted by Gasteiger charge is 2.03. The molecule has 184 valence electrons. The summed E-state index contributed by atoms with van der Waals surface area (Å²) in [6.07, 6.45) is 12.5. The van der Waals surface area contributed by atoms with Crippen molar-refractivity contribution in [1.82, 2.24) is 0 Å². The van der Waals surface area contributed by atoms with Crippen LogP contribution in [-0.4, -0.2) is 16.4 Å². The number of non-ortho nitro benzene ring substituents is 2. The third kappa shape index (κ3) is 17.1. The van der Waals surface area contributed by atoms with Gasteiger partial charge in [-0.25, -0.2) is 0 Å². The van der Waals surface area contributed by atoms with Gasteiger partial charge in [0, 0.05) is 27.8 Å². The quantitative estimate of drug-likeness (QED) is 0.121. The molecule has 0 saturated carbocycles. The molecule has 0 amide bonds. The molecule has 2 aromatic rings. The summed E-state index contributed by atoms with van der Waals surface area (Å²) < 4.78 is 1.00. The molecule has 2 N–H and O–H groups in total. The van der Waals surface area contributed by atoms with Gasteiger partial charge < -0.3 is 5.73 Å². The highest BCUT2D eigenvalue weighted by atomic mass is 127. The number of aryl methyl sites for hydroxylation is 1. The van der Waals surface area contributed by atoms with Gasteiger partial charge in [0.15, 0.2) is 0 Å². The Morgan fingerprint density at radius 1 is 0.697 bits per heavy atom. The van der Waals surface area contributed by atoms with E-state index in [0.717, 1.165) is 16.5 Å². The minimum atomic E-state index is -0.407. The van der Waals surface area contributed by atoms with Crippen LogP contribution in [0, 0.1) is 23.8 Å². The lowest BCUT2D eigenvalue weighted by molar-refractivity contribution is -0.385. The van der Waals surface area contributed by atoms with Crippen molar-refractivity contribution < 1.29 is 9.85 Å². The summed E-state index contributed by atoms with van der Waals surface area (Å²) in [5.74, 6) is 0. The predicted octanol–water partition coefficient (Wildman–Crippen LogP) is 7.83. The van der Waals surface area contributed by atoms with E-state index in [4.69, 9.17) is 5.73 Å². The average molecular weight is 572 g/mol. The van der Waals surface area contributed by atoms with E-state index in [1.165, 1.54) is 75.5 Å². The van der Waals surface area contributed by atoms with Gasteiger partial charge in [-0.1, -0.05) is 70.9 Å². The van der Waals surface area contributed by atoms with Crippen molar-refractivity contribution >= 4 is 34.0 Å². The lowest BCUT2D eigenvalue weighted by Gasteiger charge is -2.01. The molecule has 2 rings (SSSR count). The minimum Gasteiger partial charge on any atom is -0.330 e. The van der Waals surface area contributed by atoms with Crippen LogP contribution >= 0.6 is 22.6 Å². The number of nitrogens with zero attached hydrogens (tertiary/aromatic N) is 2. The fourth-order valence-electron chi connectivity index (χ4n) is 2.85. The van der Waals surface area contributed by atoms with Crippen LogP contribution in [0.15, 0.2) is 48.5 Å². The summed E-state index contributed by atoms with van der Waals surface area (Å²) in [7, 11) is 0. The second-order valence-corrected chi connectivity index (χ2v) is 8.92. The zero-order valence-electron chi connectivity index (χ0n) is 19.9. The Labute approximate surface area is 211 Å². The number of unbranched alkanes of at least 4 members (excludes halogenated alkanes) is 7. The number of nitro groups is 2. The Hall–Kier alpha value is -2.07. The first kappa shape index (κ1) is 30.9. The van der Waals surface area contributed by atoms with Crippen molar-refractivity contribution in [1.29, 1.82) is 0 Å². The lowest BCUT2D eigenvalue weighted by atomic mass is 10.1. The molecule has 0 aromatic heterocycles. The lowest BCUT2D eigenvalue weighted by Crippen LogP contribution is -1.97. The number of halogens is 1. The van der Waals surface area contributed by atoms with E-state index in [9.17, 15) is 20.2 Å². The Bertz CT molecular complexity index is 764.